The first kappa shape index (κ1) is 12.0. The van der Waals surface area contributed by atoms with E-state index in [1.165, 1.54) is 18.2 Å². The van der Waals surface area contributed by atoms with Crippen molar-refractivity contribution in [2.24, 2.45) is 0 Å². The molecule has 0 spiro atoms. The van der Waals surface area contributed by atoms with Gasteiger partial charge in [-0.1, -0.05) is 12.1 Å². The van der Waals surface area contributed by atoms with Crippen LogP contribution >= 0.6 is 0 Å². The first-order valence-corrected chi connectivity index (χ1v) is 5.44. The average Bonchev–Trinajstić information content (AvgIpc) is 2.87. The monoisotopic (exact) mass is 245 g/mol. The van der Waals surface area contributed by atoms with Gasteiger partial charge in [-0.3, -0.25) is 4.79 Å². The fourth-order valence-electron chi connectivity index (χ4n) is 1.41. The molecule has 1 amide bonds. The lowest BCUT2D eigenvalue weighted by atomic mass is 10.2. The highest BCUT2D eigenvalue weighted by atomic mass is 19.1. The molecule has 1 aromatic heterocycles. The van der Waals surface area contributed by atoms with Crippen molar-refractivity contribution in [1.29, 1.82) is 0 Å². The van der Waals surface area contributed by atoms with Gasteiger partial charge >= 0.3 is 0 Å². The Morgan fingerprint density at radius 3 is 3.11 bits per heavy atom. The van der Waals surface area contributed by atoms with E-state index in [2.05, 4.69) is 15.3 Å². The molecular formula is C13H12FN3O. The summed E-state index contributed by atoms with van der Waals surface area (Å²) in [5.41, 5.74) is 0.642. The molecule has 0 unspecified atom stereocenters. The van der Waals surface area contributed by atoms with Crippen molar-refractivity contribution < 1.29 is 9.18 Å². The summed E-state index contributed by atoms with van der Waals surface area (Å²) in [6.07, 6.45) is 6.21. The van der Waals surface area contributed by atoms with Crippen LogP contribution in [0.4, 0.5) is 4.39 Å². The lowest BCUT2D eigenvalue weighted by Crippen LogP contribution is -2.20. The van der Waals surface area contributed by atoms with Crippen LogP contribution in [-0.2, 0) is 11.3 Å². The number of benzene rings is 1. The van der Waals surface area contributed by atoms with Gasteiger partial charge in [0.15, 0.2) is 0 Å². The number of H-pyrrole nitrogens is 1. The molecule has 0 aliphatic heterocycles. The lowest BCUT2D eigenvalue weighted by molar-refractivity contribution is -0.116. The molecule has 0 aliphatic carbocycles. The molecule has 0 fully saturated rings. The number of aromatic nitrogens is 2. The van der Waals surface area contributed by atoms with Crippen LogP contribution in [0.2, 0.25) is 0 Å². The van der Waals surface area contributed by atoms with E-state index in [0.29, 0.717) is 17.9 Å². The number of aromatic amines is 1. The van der Waals surface area contributed by atoms with Crippen molar-refractivity contribution in [2.75, 3.05) is 0 Å². The van der Waals surface area contributed by atoms with Crippen LogP contribution in [0.5, 0.6) is 0 Å². The number of hydrogen-bond acceptors (Lipinski definition) is 2. The van der Waals surface area contributed by atoms with Crippen LogP contribution in [0.3, 0.4) is 0 Å². The van der Waals surface area contributed by atoms with Gasteiger partial charge in [0.2, 0.25) is 5.91 Å². The summed E-state index contributed by atoms with van der Waals surface area (Å²) in [4.78, 5) is 18.3. The van der Waals surface area contributed by atoms with Gasteiger partial charge in [0.05, 0.1) is 6.54 Å². The van der Waals surface area contributed by atoms with Crippen molar-refractivity contribution in [1.82, 2.24) is 15.3 Å². The van der Waals surface area contributed by atoms with E-state index in [0.717, 1.165) is 0 Å². The molecule has 92 valence electrons. The van der Waals surface area contributed by atoms with E-state index in [4.69, 9.17) is 0 Å². The molecule has 0 atom stereocenters. The molecule has 1 aromatic carbocycles. The van der Waals surface area contributed by atoms with Crippen LogP contribution in [0, 0.1) is 5.82 Å². The number of hydrogen-bond donors (Lipinski definition) is 2. The topological polar surface area (TPSA) is 57.8 Å². The van der Waals surface area contributed by atoms with Crippen molar-refractivity contribution in [2.45, 2.75) is 6.54 Å². The minimum Gasteiger partial charge on any atom is -0.347 e. The van der Waals surface area contributed by atoms with Gasteiger partial charge in [-0.05, 0) is 23.8 Å². The Morgan fingerprint density at radius 2 is 2.39 bits per heavy atom. The number of imidazole rings is 1. The summed E-state index contributed by atoms with van der Waals surface area (Å²) in [6, 6.07) is 6.03. The smallest absolute Gasteiger partial charge is 0.244 e. The summed E-state index contributed by atoms with van der Waals surface area (Å²) in [6.45, 7) is 0.333. The summed E-state index contributed by atoms with van der Waals surface area (Å²) in [5.74, 6) is 0.103. The number of carbonyl (C=O) groups is 1. The number of amides is 1. The second-order valence-corrected chi connectivity index (χ2v) is 3.64. The van der Waals surface area contributed by atoms with Crippen LogP contribution in [0.15, 0.2) is 42.7 Å². The Labute approximate surface area is 104 Å². The first-order valence-electron chi connectivity index (χ1n) is 5.44. The van der Waals surface area contributed by atoms with Gasteiger partial charge < -0.3 is 10.3 Å². The molecule has 0 bridgehead atoms. The largest absolute Gasteiger partial charge is 0.347 e. The molecule has 5 heteroatoms. The van der Waals surface area contributed by atoms with E-state index in [1.54, 1.807) is 30.6 Å². The Bertz CT molecular complexity index is 549. The molecule has 0 aliphatic rings. The van der Waals surface area contributed by atoms with Crippen LogP contribution < -0.4 is 5.32 Å². The minimum absolute atomic E-state index is 0.254. The Balaban J connectivity index is 1.87. The van der Waals surface area contributed by atoms with Gasteiger partial charge in [0.25, 0.3) is 0 Å². The standard InChI is InChI=1S/C13H12FN3O/c14-11-3-1-2-10(8-11)4-5-13(18)17-9-12-15-6-7-16-12/h1-8H,9H2,(H,15,16)(H,17,18). The van der Waals surface area contributed by atoms with Gasteiger partial charge in [0.1, 0.15) is 11.6 Å². The highest BCUT2D eigenvalue weighted by Crippen LogP contribution is 2.05. The summed E-state index contributed by atoms with van der Waals surface area (Å²) in [7, 11) is 0. The second-order valence-electron chi connectivity index (χ2n) is 3.64. The quantitative estimate of drug-likeness (QED) is 0.808. The molecule has 4 nitrogen and oxygen atoms in total. The zero-order chi connectivity index (χ0) is 12.8. The number of rotatable bonds is 4. The van der Waals surface area contributed by atoms with Gasteiger partial charge in [-0.15, -0.1) is 0 Å². The second kappa shape index (κ2) is 5.77. The summed E-state index contributed by atoms with van der Waals surface area (Å²) >= 11 is 0. The Hall–Kier alpha value is -2.43. The maximum atomic E-state index is 12.9. The third-order valence-corrected chi connectivity index (χ3v) is 2.26. The van der Waals surface area contributed by atoms with E-state index >= 15 is 0 Å². The molecule has 0 radical (unpaired) electrons. The van der Waals surface area contributed by atoms with Crippen molar-refractivity contribution in [3.63, 3.8) is 0 Å². The first-order chi connectivity index (χ1) is 8.74. The number of nitrogens with one attached hydrogen (secondary N) is 2. The third-order valence-electron chi connectivity index (χ3n) is 2.26. The van der Waals surface area contributed by atoms with Crippen molar-refractivity contribution in [3.8, 4) is 0 Å². The Morgan fingerprint density at radius 1 is 1.50 bits per heavy atom. The maximum absolute atomic E-state index is 12.9. The minimum atomic E-state index is -0.326. The molecule has 1 heterocycles. The van der Waals surface area contributed by atoms with E-state index < -0.39 is 0 Å². The zero-order valence-electron chi connectivity index (χ0n) is 9.56. The predicted octanol–water partition coefficient (Wildman–Crippen LogP) is 1.88. The number of halogens is 1. The molecule has 18 heavy (non-hydrogen) atoms. The summed E-state index contributed by atoms with van der Waals surface area (Å²) in [5, 5.41) is 2.66. The molecule has 0 saturated carbocycles. The normalized spacial score (nSPS) is 10.7. The van der Waals surface area contributed by atoms with E-state index in [9.17, 15) is 9.18 Å². The van der Waals surface area contributed by atoms with Crippen LogP contribution in [0.25, 0.3) is 6.08 Å². The highest BCUT2D eigenvalue weighted by molar-refractivity contribution is 5.91. The zero-order valence-corrected chi connectivity index (χ0v) is 9.56. The van der Waals surface area contributed by atoms with Crippen LogP contribution in [0.1, 0.15) is 11.4 Å². The molecule has 0 saturated heterocycles. The average molecular weight is 245 g/mol. The van der Waals surface area contributed by atoms with Crippen molar-refractivity contribution in [3.05, 3.63) is 59.9 Å². The molecule has 2 rings (SSSR count). The number of carbonyl (C=O) groups excluding carboxylic acids is 1. The van der Waals surface area contributed by atoms with Gasteiger partial charge in [-0.25, -0.2) is 9.37 Å². The predicted molar refractivity (Wildman–Crippen MR) is 65.9 cm³/mol. The highest BCUT2D eigenvalue weighted by Gasteiger charge is 1.98. The fraction of sp³-hybridized carbons (Fsp3) is 0.0769. The SMILES string of the molecule is O=C(C=Cc1cccc(F)c1)NCc1ncc[nH]1. The van der Waals surface area contributed by atoms with E-state index in [-0.39, 0.29) is 11.7 Å². The number of nitrogens with zero attached hydrogens (tertiary/aromatic N) is 1. The Kier molecular flexibility index (Phi) is 3.86. The van der Waals surface area contributed by atoms with Gasteiger partial charge in [-0.2, -0.15) is 0 Å². The van der Waals surface area contributed by atoms with Crippen LogP contribution in [-0.4, -0.2) is 15.9 Å². The molecule has 2 N–H and O–H groups in total. The summed E-state index contributed by atoms with van der Waals surface area (Å²) < 4.78 is 12.9. The van der Waals surface area contributed by atoms with E-state index in [1.807, 2.05) is 0 Å². The lowest BCUT2D eigenvalue weighted by Gasteiger charge is -1.98. The molecule has 2 aromatic rings. The van der Waals surface area contributed by atoms with Gasteiger partial charge in [0, 0.05) is 18.5 Å². The third kappa shape index (κ3) is 3.55. The maximum Gasteiger partial charge on any atom is 0.244 e. The fourth-order valence-corrected chi connectivity index (χ4v) is 1.41. The van der Waals surface area contributed by atoms with Crippen molar-refractivity contribution >= 4 is 12.0 Å². The molecular weight excluding hydrogens is 233 g/mol.